The SMILES string of the molecule is CCC(CN)CC(=O)NCc1ccc(F)cc1F. The Morgan fingerprint density at radius 1 is 1.44 bits per heavy atom. The number of halogens is 2. The third-order valence-electron chi connectivity index (χ3n) is 2.88. The molecule has 0 radical (unpaired) electrons. The molecule has 0 aliphatic rings. The molecular weight excluding hydrogens is 238 g/mol. The first-order chi connectivity index (χ1) is 8.56. The molecule has 1 aromatic carbocycles. The van der Waals surface area contributed by atoms with Gasteiger partial charge in [-0.05, 0) is 18.5 Å². The molecule has 0 fully saturated rings. The van der Waals surface area contributed by atoms with E-state index >= 15 is 0 Å². The van der Waals surface area contributed by atoms with Crippen LogP contribution >= 0.6 is 0 Å². The van der Waals surface area contributed by atoms with Crippen LogP contribution in [0.15, 0.2) is 18.2 Å². The summed E-state index contributed by atoms with van der Waals surface area (Å²) in [4.78, 5) is 11.6. The minimum absolute atomic E-state index is 0.0615. The zero-order valence-corrected chi connectivity index (χ0v) is 10.4. The van der Waals surface area contributed by atoms with Gasteiger partial charge in [0.2, 0.25) is 5.91 Å². The molecule has 18 heavy (non-hydrogen) atoms. The first kappa shape index (κ1) is 14.6. The number of carbonyl (C=O) groups is 1. The van der Waals surface area contributed by atoms with E-state index in [-0.39, 0.29) is 23.9 Å². The van der Waals surface area contributed by atoms with Crippen molar-refractivity contribution in [1.82, 2.24) is 5.32 Å². The fourth-order valence-corrected chi connectivity index (χ4v) is 1.59. The number of carbonyl (C=O) groups excluding carboxylic acids is 1. The summed E-state index contributed by atoms with van der Waals surface area (Å²) >= 11 is 0. The fraction of sp³-hybridized carbons (Fsp3) is 0.462. The van der Waals surface area contributed by atoms with Crippen molar-refractivity contribution in [2.75, 3.05) is 6.54 Å². The number of hydrogen-bond donors (Lipinski definition) is 2. The molecule has 1 amide bonds. The van der Waals surface area contributed by atoms with E-state index in [1.807, 2.05) is 6.92 Å². The van der Waals surface area contributed by atoms with Gasteiger partial charge < -0.3 is 11.1 Å². The van der Waals surface area contributed by atoms with E-state index in [0.717, 1.165) is 12.5 Å². The second-order valence-corrected chi connectivity index (χ2v) is 4.23. The number of nitrogens with one attached hydrogen (secondary N) is 1. The summed E-state index contributed by atoms with van der Waals surface area (Å²) in [5.74, 6) is -1.31. The lowest BCUT2D eigenvalue weighted by atomic mass is 10.0. The standard InChI is InChI=1S/C13H18F2N2O/c1-2-9(7-16)5-13(18)17-8-10-3-4-11(14)6-12(10)15/h3-4,6,9H,2,5,7-8,16H2,1H3,(H,17,18). The zero-order valence-electron chi connectivity index (χ0n) is 10.4. The topological polar surface area (TPSA) is 55.1 Å². The van der Waals surface area contributed by atoms with Gasteiger partial charge in [-0.25, -0.2) is 8.78 Å². The van der Waals surface area contributed by atoms with E-state index in [9.17, 15) is 13.6 Å². The summed E-state index contributed by atoms with van der Waals surface area (Å²) in [6.07, 6.45) is 1.16. The molecule has 0 aromatic heterocycles. The highest BCUT2D eigenvalue weighted by Gasteiger charge is 2.11. The maximum Gasteiger partial charge on any atom is 0.220 e. The molecule has 1 unspecified atom stereocenters. The van der Waals surface area contributed by atoms with Crippen LogP contribution in [-0.4, -0.2) is 12.5 Å². The number of amides is 1. The van der Waals surface area contributed by atoms with Gasteiger partial charge in [-0.3, -0.25) is 4.79 Å². The van der Waals surface area contributed by atoms with E-state index in [1.165, 1.54) is 12.1 Å². The highest BCUT2D eigenvalue weighted by Crippen LogP contribution is 2.10. The Bertz CT molecular complexity index is 406. The summed E-state index contributed by atoms with van der Waals surface area (Å²) in [6, 6.07) is 3.29. The van der Waals surface area contributed by atoms with E-state index < -0.39 is 11.6 Å². The first-order valence-corrected chi connectivity index (χ1v) is 5.97. The first-order valence-electron chi connectivity index (χ1n) is 5.97. The molecule has 0 bridgehead atoms. The fourth-order valence-electron chi connectivity index (χ4n) is 1.59. The molecule has 0 spiro atoms. The highest BCUT2D eigenvalue weighted by molar-refractivity contribution is 5.76. The lowest BCUT2D eigenvalue weighted by Gasteiger charge is -2.12. The molecule has 1 aromatic rings. The molecule has 5 heteroatoms. The van der Waals surface area contributed by atoms with Crippen LogP contribution in [0.1, 0.15) is 25.3 Å². The Kier molecular flexibility index (Phi) is 5.71. The molecule has 0 saturated heterocycles. The van der Waals surface area contributed by atoms with Gasteiger partial charge in [-0.2, -0.15) is 0 Å². The number of hydrogen-bond acceptors (Lipinski definition) is 2. The molecule has 3 nitrogen and oxygen atoms in total. The van der Waals surface area contributed by atoms with E-state index in [4.69, 9.17) is 5.73 Å². The lowest BCUT2D eigenvalue weighted by Crippen LogP contribution is -2.27. The summed E-state index contributed by atoms with van der Waals surface area (Å²) < 4.78 is 26.0. The Morgan fingerprint density at radius 2 is 2.17 bits per heavy atom. The largest absolute Gasteiger partial charge is 0.352 e. The van der Waals surface area contributed by atoms with Crippen LogP contribution in [0.2, 0.25) is 0 Å². The summed E-state index contributed by atoms with van der Waals surface area (Å²) in [7, 11) is 0. The molecule has 1 atom stereocenters. The molecule has 0 aliphatic heterocycles. The van der Waals surface area contributed by atoms with Crippen molar-refractivity contribution >= 4 is 5.91 Å². The van der Waals surface area contributed by atoms with Gasteiger partial charge in [0.1, 0.15) is 11.6 Å². The molecular formula is C13H18F2N2O. The second-order valence-electron chi connectivity index (χ2n) is 4.23. The van der Waals surface area contributed by atoms with Gasteiger partial charge in [0.25, 0.3) is 0 Å². The maximum absolute atomic E-state index is 13.3. The van der Waals surface area contributed by atoms with Gasteiger partial charge in [-0.15, -0.1) is 0 Å². The van der Waals surface area contributed by atoms with Crippen molar-refractivity contribution < 1.29 is 13.6 Å². The van der Waals surface area contributed by atoms with Gasteiger partial charge in [0.05, 0.1) is 0 Å². The third-order valence-corrected chi connectivity index (χ3v) is 2.88. The Hall–Kier alpha value is -1.49. The van der Waals surface area contributed by atoms with Crippen LogP contribution in [0.4, 0.5) is 8.78 Å². The van der Waals surface area contributed by atoms with Gasteiger partial charge >= 0.3 is 0 Å². The summed E-state index contributed by atoms with van der Waals surface area (Å²) in [6.45, 7) is 2.48. The molecule has 100 valence electrons. The van der Waals surface area contributed by atoms with Crippen LogP contribution in [0.3, 0.4) is 0 Å². The molecule has 0 saturated carbocycles. The molecule has 1 rings (SSSR count). The molecule has 3 N–H and O–H groups in total. The van der Waals surface area contributed by atoms with Crippen molar-refractivity contribution in [3.05, 3.63) is 35.4 Å². The summed E-state index contributed by atoms with van der Waals surface area (Å²) in [5.41, 5.74) is 5.77. The van der Waals surface area contributed by atoms with Crippen molar-refractivity contribution in [3.8, 4) is 0 Å². The minimum Gasteiger partial charge on any atom is -0.352 e. The smallest absolute Gasteiger partial charge is 0.220 e. The Labute approximate surface area is 105 Å². The normalized spacial score (nSPS) is 12.2. The maximum atomic E-state index is 13.3. The lowest BCUT2D eigenvalue weighted by molar-refractivity contribution is -0.122. The van der Waals surface area contributed by atoms with Crippen molar-refractivity contribution in [2.45, 2.75) is 26.3 Å². The monoisotopic (exact) mass is 256 g/mol. The molecule has 0 aliphatic carbocycles. The number of benzene rings is 1. The third kappa shape index (κ3) is 4.41. The van der Waals surface area contributed by atoms with Crippen molar-refractivity contribution in [1.29, 1.82) is 0 Å². The quantitative estimate of drug-likeness (QED) is 0.817. The van der Waals surface area contributed by atoms with Crippen molar-refractivity contribution in [3.63, 3.8) is 0 Å². The number of rotatable bonds is 6. The van der Waals surface area contributed by atoms with Crippen LogP contribution in [0.25, 0.3) is 0 Å². The Morgan fingerprint density at radius 3 is 2.72 bits per heavy atom. The van der Waals surface area contributed by atoms with Gasteiger partial charge in [0.15, 0.2) is 0 Å². The predicted molar refractivity (Wildman–Crippen MR) is 65.7 cm³/mol. The molecule has 0 heterocycles. The number of nitrogens with two attached hydrogens (primary N) is 1. The van der Waals surface area contributed by atoms with Gasteiger partial charge in [0, 0.05) is 24.6 Å². The highest BCUT2D eigenvalue weighted by atomic mass is 19.1. The summed E-state index contributed by atoms with van der Waals surface area (Å²) in [5, 5.41) is 2.60. The van der Waals surface area contributed by atoms with E-state index in [0.29, 0.717) is 13.0 Å². The van der Waals surface area contributed by atoms with E-state index in [2.05, 4.69) is 5.32 Å². The average molecular weight is 256 g/mol. The second kappa shape index (κ2) is 7.06. The zero-order chi connectivity index (χ0) is 13.5. The Balaban J connectivity index is 2.47. The van der Waals surface area contributed by atoms with Crippen molar-refractivity contribution in [2.24, 2.45) is 11.7 Å². The average Bonchev–Trinajstić information content (AvgIpc) is 2.35. The van der Waals surface area contributed by atoms with Crippen LogP contribution in [0.5, 0.6) is 0 Å². The van der Waals surface area contributed by atoms with Crippen LogP contribution in [-0.2, 0) is 11.3 Å². The predicted octanol–water partition coefficient (Wildman–Crippen LogP) is 1.96. The van der Waals surface area contributed by atoms with E-state index in [1.54, 1.807) is 0 Å². The van der Waals surface area contributed by atoms with Gasteiger partial charge in [-0.1, -0.05) is 19.4 Å². The minimum atomic E-state index is -0.652. The van der Waals surface area contributed by atoms with Crippen LogP contribution in [0, 0.1) is 17.6 Å². The van der Waals surface area contributed by atoms with Crippen LogP contribution < -0.4 is 11.1 Å².